The highest BCUT2D eigenvalue weighted by atomic mass is 35.5. The Morgan fingerprint density at radius 1 is 1.55 bits per heavy atom. The molecule has 0 aromatic rings. The number of carbonyl (C=O) groups is 2. The second kappa shape index (κ2) is 3.67. The van der Waals surface area contributed by atoms with E-state index in [0.717, 1.165) is 19.0 Å². The third kappa shape index (κ3) is 1.90. The van der Waals surface area contributed by atoms with Crippen LogP contribution in [0.4, 0.5) is 0 Å². The largest absolute Gasteiger partial charge is 0.303 e. The highest BCUT2D eigenvalue weighted by Gasteiger charge is 2.21. The lowest BCUT2D eigenvalue weighted by molar-refractivity contribution is -0.110. The van der Waals surface area contributed by atoms with E-state index < -0.39 is 0 Å². The number of carbonyl (C=O) groups excluding carboxylic acids is 2. The molecule has 2 nitrogen and oxygen atoms in total. The number of hydrogen-bond acceptors (Lipinski definition) is 2. The van der Waals surface area contributed by atoms with Gasteiger partial charge in [-0.3, -0.25) is 4.79 Å². The van der Waals surface area contributed by atoms with Crippen LogP contribution in [0, 0.1) is 5.92 Å². The Bertz CT molecular complexity index is 198. The van der Waals surface area contributed by atoms with Crippen LogP contribution < -0.4 is 0 Å². The Morgan fingerprint density at radius 3 is 2.82 bits per heavy atom. The summed E-state index contributed by atoms with van der Waals surface area (Å²) >= 11 is 5.81. The molecule has 0 aliphatic heterocycles. The molecule has 0 fully saturated rings. The van der Waals surface area contributed by atoms with E-state index in [1.165, 1.54) is 0 Å². The van der Waals surface area contributed by atoms with E-state index in [1.54, 1.807) is 6.08 Å². The van der Waals surface area contributed by atoms with Crippen molar-refractivity contribution < 1.29 is 9.59 Å². The summed E-state index contributed by atoms with van der Waals surface area (Å²) in [7, 11) is 0. The summed E-state index contributed by atoms with van der Waals surface area (Å²) in [5, 5.41) is -0.129. The Kier molecular flexibility index (Phi) is 2.83. The molecule has 1 rings (SSSR count). The van der Waals surface area contributed by atoms with Gasteiger partial charge < -0.3 is 4.79 Å². The Labute approximate surface area is 70.2 Å². The van der Waals surface area contributed by atoms with Crippen LogP contribution in [0.1, 0.15) is 12.8 Å². The Balaban J connectivity index is 2.74. The third-order valence-electron chi connectivity index (χ3n) is 1.84. The van der Waals surface area contributed by atoms with Crippen molar-refractivity contribution in [3.8, 4) is 0 Å². The highest BCUT2D eigenvalue weighted by molar-refractivity contribution is 6.22. The van der Waals surface area contributed by atoms with Crippen molar-refractivity contribution in [3.05, 3.63) is 11.6 Å². The smallest absolute Gasteiger partial charge is 0.145 e. The number of alkyl halides is 1. The van der Waals surface area contributed by atoms with Crippen LogP contribution in [0.5, 0.6) is 0 Å². The highest BCUT2D eigenvalue weighted by Crippen LogP contribution is 2.25. The molecule has 0 N–H and O–H groups in total. The number of aldehydes is 2. The van der Waals surface area contributed by atoms with Crippen LogP contribution in [0.2, 0.25) is 0 Å². The van der Waals surface area contributed by atoms with Gasteiger partial charge in [0, 0.05) is 11.3 Å². The van der Waals surface area contributed by atoms with E-state index in [4.69, 9.17) is 11.6 Å². The lowest BCUT2D eigenvalue weighted by Gasteiger charge is -2.18. The molecule has 0 aromatic heterocycles. The maximum Gasteiger partial charge on any atom is 0.145 e. The van der Waals surface area contributed by atoms with Gasteiger partial charge in [0.2, 0.25) is 0 Å². The Morgan fingerprint density at radius 2 is 2.27 bits per heavy atom. The van der Waals surface area contributed by atoms with E-state index in [2.05, 4.69) is 0 Å². The van der Waals surface area contributed by atoms with Gasteiger partial charge >= 0.3 is 0 Å². The Hall–Kier alpha value is -0.630. The first-order chi connectivity index (χ1) is 5.27. The molecule has 1 aliphatic rings. The van der Waals surface area contributed by atoms with Crippen molar-refractivity contribution in [3.63, 3.8) is 0 Å². The van der Waals surface area contributed by atoms with Crippen LogP contribution in [-0.2, 0) is 9.59 Å². The molecule has 11 heavy (non-hydrogen) atoms. The molecule has 0 amide bonds. The van der Waals surface area contributed by atoms with Gasteiger partial charge in [-0.1, -0.05) is 6.08 Å². The van der Waals surface area contributed by atoms with E-state index in [9.17, 15) is 9.59 Å². The second-order valence-electron chi connectivity index (χ2n) is 2.63. The minimum atomic E-state index is -0.273. The van der Waals surface area contributed by atoms with Crippen molar-refractivity contribution in [1.82, 2.24) is 0 Å². The summed E-state index contributed by atoms with van der Waals surface area (Å²) in [5.41, 5.74) is 0.694. The summed E-state index contributed by atoms with van der Waals surface area (Å²) in [6, 6.07) is 0. The van der Waals surface area contributed by atoms with Crippen molar-refractivity contribution in [2.75, 3.05) is 0 Å². The summed E-state index contributed by atoms with van der Waals surface area (Å²) < 4.78 is 0. The van der Waals surface area contributed by atoms with Gasteiger partial charge in [-0.2, -0.15) is 0 Å². The zero-order valence-corrected chi connectivity index (χ0v) is 6.75. The summed E-state index contributed by atoms with van der Waals surface area (Å²) in [6.07, 6.45) is 4.65. The molecule has 2 atom stereocenters. The SMILES string of the molecule is O=CC1=CC(C=O)C(Cl)CC1. The zero-order chi connectivity index (χ0) is 8.27. The lowest BCUT2D eigenvalue weighted by atomic mass is 9.92. The molecule has 3 heteroatoms. The monoisotopic (exact) mass is 172 g/mol. The quantitative estimate of drug-likeness (QED) is 0.465. The first-order valence-electron chi connectivity index (χ1n) is 3.53. The van der Waals surface area contributed by atoms with E-state index >= 15 is 0 Å². The van der Waals surface area contributed by atoms with Crippen molar-refractivity contribution >= 4 is 24.2 Å². The fourth-order valence-corrected chi connectivity index (χ4v) is 1.40. The molecule has 0 saturated heterocycles. The summed E-state index contributed by atoms with van der Waals surface area (Å²) in [6.45, 7) is 0. The lowest BCUT2D eigenvalue weighted by Crippen LogP contribution is -2.19. The fourth-order valence-electron chi connectivity index (χ4n) is 1.15. The standard InChI is InChI=1S/C8H9ClO2/c9-8-2-1-6(4-10)3-7(8)5-11/h3-5,7-8H,1-2H2. The van der Waals surface area contributed by atoms with E-state index in [-0.39, 0.29) is 11.3 Å². The molecular weight excluding hydrogens is 164 g/mol. The topological polar surface area (TPSA) is 34.1 Å². The predicted octanol–water partition coefficient (Wildman–Crippen LogP) is 1.33. The first-order valence-corrected chi connectivity index (χ1v) is 3.97. The average Bonchev–Trinajstić information content (AvgIpc) is 2.05. The molecule has 0 spiro atoms. The van der Waals surface area contributed by atoms with E-state index in [0.29, 0.717) is 12.0 Å². The number of hydrogen-bond donors (Lipinski definition) is 0. The van der Waals surface area contributed by atoms with Crippen molar-refractivity contribution in [2.24, 2.45) is 5.92 Å². The molecule has 60 valence electrons. The van der Waals surface area contributed by atoms with Crippen LogP contribution >= 0.6 is 11.6 Å². The maximum absolute atomic E-state index is 10.4. The fraction of sp³-hybridized carbons (Fsp3) is 0.500. The zero-order valence-electron chi connectivity index (χ0n) is 6.00. The van der Waals surface area contributed by atoms with Crippen molar-refractivity contribution in [1.29, 1.82) is 0 Å². The number of halogens is 1. The third-order valence-corrected chi connectivity index (χ3v) is 2.35. The van der Waals surface area contributed by atoms with Gasteiger partial charge in [0.25, 0.3) is 0 Å². The minimum absolute atomic E-state index is 0.129. The average molecular weight is 173 g/mol. The van der Waals surface area contributed by atoms with E-state index in [1.807, 2.05) is 0 Å². The predicted molar refractivity (Wildman–Crippen MR) is 42.6 cm³/mol. The molecule has 0 saturated carbocycles. The summed E-state index contributed by atoms with van der Waals surface area (Å²) in [5.74, 6) is -0.273. The number of allylic oxidation sites excluding steroid dienone is 2. The normalized spacial score (nSPS) is 30.8. The van der Waals surface area contributed by atoms with Gasteiger partial charge in [-0.25, -0.2) is 0 Å². The van der Waals surface area contributed by atoms with Gasteiger partial charge in [-0.05, 0) is 18.4 Å². The second-order valence-corrected chi connectivity index (χ2v) is 3.19. The van der Waals surface area contributed by atoms with Crippen LogP contribution in [0.15, 0.2) is 11.6 Å². The minimum Gasteiger partial charge on any atom is -0.303 e. The van der Waals surface area contributed by atoms with Crippen molar-refractivity contribution in [2.45, 2.75) is 18.2 Å². The molecule has 0 bridgehead atoms. The molecule has 0 heterocycles. The number of rotatable bonds is 2. The van der Waals surface area contributed by atoms with Crippen LogP contribution in [-0.4, -0.2) is 17.9 Å². The first kappa shape index (κ1) is 8.47. The molecule has 1 aliphatic carbocycles. The van der Waals surface area contributed by atoms with Crippen LogP contribution in [0.25, 0.3) is 0 Å². The van der Waals surface area contributed by atoms with Gasteiger partial charge in [0.1, 0.15) is 12.6 Å². The van der Waals surface area contributed by atoms with Gasteiger partial charge in [0.05, 0.1) is 0 Å². The molecule has 0 aromatic carbocycles. The van der Waals surface area contributed by atoms with Gasteiger partial charge in [-0.15, -0.1) is 11.6 Å². The molecule has 0 radical (unpaired) electrons. The summed E-state index contributed by atoms with van der Waals surface area (Å²) in [4.78, 5) is 20.7. The maximum atomic E-state index is 10.4. The molecule has 2 unspecified atom stereocenters. The van der Waals surface area contributed by atoms with Gasteiger partial charge in [0.15, 0.2) is 0 Å². The molecular formula is C8H9ClO2. The van der Waals surface area contributed by atoms with Crippen LogP contribution in [0.3, 0.4) is 0 Å².